The molecule has 1 saturated heterocycles. The topological polar surface area (TPSA) is 155 Å². The Kier molecular flexibility index (Phi) is 7.03. The second kappa shape index (κ2) is 9.91. The van der Waals surface area contributed by atoms with Crippen molar-refractivity contribution < 1.29 is 48.0 Å². The number of amides is 1. The predicted octanol–water partition coefficient (Wildman–Crippen LogP) is 2.15. The predicted molar refractivity (Wildman–Crippen MR) is 125 cm³/mol. The average molecular weight is 515 g/mol. The number of hydrogen-bond acceptors (Lipinski definition) is 7. The van der Waals surface area contributed by atoms with Gasteiger partial charge >= 0.3 is 11.9 Å². The van der Waals surface area contributed by atoms with Crippen LogP contribution in [0.15, 0.2) is 46.9 Å². The standard InChI is InChI=1S/C26H26FNO9/c1-25(23(31)32)7-6-18(26(35,14-25)24(33)34)20(29)21-16(12-15-2-4-17(27)5-3-15)13-19(37-21)22(30)28-8-10-36-11-9-28/h2-7,13,18,35H,8-12,14H2,1H3,(H,31,32)(H,33,34). The van der Waals surface area contributed by atoms with E-state index in [9.17, 15) is 38.9 Å². The van der Waals surface area contributed by atoms with Gasteiger partial charge in [0.2, 0.25) is 5.78 Å². The van der Waals surface area contributed by atoms with E-state index in [1.165, 1.54) is 48.2 Å². The molecule has 1 aromatic heterocycles. The number of halogens is 1. The lowest BCUT2D eigenvalue weighted by Crippen LogP contribution is -2.54. The zero-order chi connectivity index (χ0) is 27.0. The third kappa shape index (κ3) is 5.05. The van der Waals surface area contributed by atoms with E-state index in [0.29, 0.717) is 31.9 Å². The molecule has 3 unspecified atom stereocenters. The van der Waals surface area contributed by atoms with Gasteiger partial charge in [-0.1, -0.05) is 24.3 Å². The van der Waals surface area contributed by atoms with Crippen LogP contribution in [0, 0.1) is 17.2 Å². The third-order valence-corrected chi connectivity index (χ3v) is 6.80. The van der Waals surface area contributed by atoms with Gasteiger partial charge in [0.15, 0.2) is 17.1 Å². The van der Waals surface area contributed by atoms with Crippen LogP contribution in [0.5, 0.6) is 0 Å². The molecule has 0 saturated carbocycles. The van der Waals surface area contributed by atoms with Crippen LogP contribution < -0.4 is 0 Å². The fourth-order valence-corrected chi connectivity index (χ4v) is 4.62. The third-order valence-electron chi connectivity index (χ3n) is 6.80. The van der Waals surface area contributed by atoms with Crippen LogP contribution in [-0.2, 0) is 20.7 Å². The maximum absolute atomic E-state index is 13.7. The number of morpholine rings is 1. The number of aliphatic hydroxyl groups is 1. The van der Waals surface area contributed by atoms with E-state index in [1.807, 2.05) is 0 Å². The Morgan fingerprint density at radius 2 is 1.73 bits per heavy atom. The van der Waals surface area contributed by atoms with Crippen molar-refractivity contribution in [3.8, 4) is 0 Å². The number of ketones is 1. The van der Waals surface area contributed by atoms with Gasteiger partial charge in [-0.05, 0) is 30.7 Å². The number of ether oxygens (including phenoxy) is 1. The van der Waals surface area contributed by atoms with Crippen LogP contribution in [0.25, 0.3) is 0 Å². The van der Waals surface area contributed by atoms with E-state index < -0.39 is 52.8 Å². The lowest BCUT2D eigenvalue weighted by atomic mass is 9.66. The molecule has 1 aromatic carbocycles. The van der Waals surface area contributed by atoms with Crippen LogP contribution in [0.2, 0.25) is 0 Å². The van der Waals surface area contributed by atoms with Crippen LogP contribution in [-0.4, -0.2) is 75.8 Å². The molecule has 1 aliphatic carbocycles. The Morgan fingerprint density at radius 1 is 1.08 bits per heavy atom. The monoisotopic (exact) mass is 515 g/mol. The number of benzene rings is 1. The number of nitrogens with zero attached hydrogens (tertiary/aromatic N) is 1. The molecule has 37 heavy (non-hydrogen) atoms. The van der Waals surface area contributed by atoms with Crippen LogP contribution in [0.1, 0.15) is 45.6 Å². The highest BCUT2D eigenvalue weighted by Gasteiger charge is 2.56. The molecule has 0 bridgehead atoms. The first-order valence-electron chi connectivity index (χ1n) is 11.6. The highest BCUT2D eigenvalue weighted by molar-refractivity contribution is 6.04. The highest BCUT2D eigenvalue weighted by atomic mass is 19.1. The minimum atomic E-state index is -2.74. The summed E-state index contributed by atoms with van der Waals surface area (Å²) in [4.78, 5) is 52.0. The quantitative estimate of drug-likeness (QED) is 0.372. The molecular formula is C26H26FNO9. The average Bonchev–Trinajstić information content (AvgIpc) is 3.28. The number of carbonyl (C=O) groups excluding carboxylic acids is 2. The molecule has 3 N–H and O–H groups in total. The van der Waals surface area contributed by atoms with Gasteiger partial charge in [-0.15, -0.1) is 0 Å². The van der Waals surface area contributed by atoms with Crippen LogP contribution in [0.3, 0.4) is 0 Å². The fourth-order valence-electron chi connectivity index (χ4n) is 4.62. The molecule has 2 aliphatic rings. The van der Waals surface area contributed by atoms with E-state index >= 15 is 0 Å². The number of aliphatic carboxylic acids is 2. The summed E-state index contributed by atoms with van der Waals surface area (Å²) in [5.41, 5.74) is -3.64. The van der Waals surface area contributed by atoms with Gasteiger partial charge < -0.3 is 29.4 Å². The Hall–Kier alpha value is -3.83. The van der Waals surface area contributed by atoms with Crippen molar-refractivity contribution in [1.82, 2.24) is 4.90 Å². The zero-order valence-corrected chi connectivity index (χ0v) is 20.0. The maximum atomic E-state index is 13.7. The largest absolute Gasteiger partial charge is 0.481 e. The Bertz CT molecular complexity index is 1260. The van der Waals surface area contributed by atoms with Gasteiger partial charge in [0.25, 0.3) is 5.91 Å². The van der Waals surface area contributed by atoms with Crippen molar-refractivity contribution in [1.29, 1.82) is 0 Å². The number of rotatable bonds is 7. The Labute approximate surface area is 210 Å². The summed E-state index contributed by atoms with van der Waals surface area (Å²) in [7, 11) is 0. The summed E-state index contributed by atoms with van der Waals surface area (Å²) >= 11 is 0. The zero-order valence-electron chi connectivity index (χ0n) is 20.0. The normalized spacial score (nSPS) is 25.6. The first kappa shape index (κ1) is 26.2. The molecular weight excluding hydrogens is 489 g/mol. The van der Waals surface area contributed by atoms with Gasteiger partial charge in [-0.3, -0.25) is 14.4 Å². The summed E-state index contributed by atoms with van der Waals surface area (Å²) in [6, 6.07) is 6.83. The number of carboxylic acids is 2. The molecule has 196 valence electrons. The summed E-state index contributed by atoms with van der Waals surface area (Å²) in [5, 5.41) is 30.4. The molecule has 1 fully saturated rings. The number of carbonyl (C=O) groups is 4. The van der Waals surface area contributed by atoms with Crippen molar-refractivity contribution in [2.45, 2.75) is 25.4 Å². The molecule has 2 aromatic rings. The maximum Gasteiger partial charge on any atom is 0.336 e. The molecule has 1 amide bonds. The summed E-state index contributed by atoms with van der Waals surface area (Å²) < 4.78 is 24.4. The number of hydrogen-bond donors (Lipinski definition) is 3. The van der Waals surface area contributed by atoms with Gasteiger partial charge in [0.1, 0.15) is 5.82 Å². The second-order valence-corrected chi connectivity index (χ2v) is 9.50. The minimum Gasteiger partial charge on any atom is -0.481 e. The fraction of sp³-hybridized carbons (Fsp3) is 0.385. The van der Waals surface area contributed by atoms with E-state index in [-0.39, 0.29) is 23.5 Å². The first-order chi connectivity index (χ1) is 17.4. The molecule has 2 heterocycles. The van der Waals surface area contributed by atoms with Crippen LogP contribution >= 0.6 is 0 Å². The molecule has 0 spiro atoms. The van der Waals surface area contributed by atoms with E-state index in [1.54, 1.807) is 0 Å². The van der Waals surface area contributed by atoms with Crippen molar-refractivity contribution in [3.05, 3.63) is 70.9 Å². The van der Waals surface area contributed by atoms with Crippen molar-refractivity contribution >= 4 is 23.6 Å². The molecule has 1 aliphatic heterocycles. The van der Waals surface area contributed by atoms with Gasteiger partial charge in [0.05, 0.1) is 24.5 Å². The van der Waals surface area contributed by atoms with Gasteiger partial charge in [-0.2, -0.15) is 0 Å². The highest BCUT2D eigenvalue weighted by Crippen LogP contribution is 2.42. The molecule has 11 heteroatoms. The first-order valence-corrected chi connectivity index (χ1v) is 11.6. The smallest absolute Gasteiger partial charge is 0.336 e. The Balaban J connectivity index is 1.76. The van der Waals surface area contributed by atoms with Crippen molar-refractivity contribution in [2.24, 2.45) is 11.3 Å². The SMILES string of the molecule is CC1(C(=O)O)C=CC(C(=O)c2oc(C(=O)N3CCOCC3)cc2Cc2ccc(F)cc2)C(O)(C(=O)O)C1. The van der Waals surface area contributed by atoms with E-state index in [4.69, 9.17) is 9.15 Å². The number of Topliss-reactive ketones (excluding diaryl/α,β-unsaturated/α-hetero) is 1. The Morgan fingerprint density at radius 3 is 2.32 bits per heavy atom. The summed E-state index contributed by atoms with van der Waals surface area (Å²) in [5.74, 6) is -7.18. The molecule has 4 rings (SSSR count). The minimum absolute atomic E-state index is 0.0516. The van der Waals surface area contributed by atoms with E-state index in [2.05, 4.69) is 0 Å². The van der Waals surface area contributed by atoms with Crippen molar-refractivity contribution in [2.75, 3.05) is 26.3 Å². The van der Waals surface area contributed by atoms with Crippen molar-refractivity contribution in [3.63, 3.8) is 0 Å². The molecule has 3 atom stereocenters. The number of carboxylic acid groups (broad SMARTS) is 2. The van der Waals surface area contributed by atoms with Crippen LogP contribution in [0.4, 0.5) is 4.39 Å². The molecule has 10 nitrogen and oxygen atoms in total. The summed E-state index contributed by atoms with van der Waals surface area (Å²) in [6.45, 7) is 2.54. The molecule has 0 radical (unpaired) electrons. The lowest BCUT2D eigenvalue weighted by molar-refractivity contribution is -0.169. The van der Waals surface area contributed by atoms with E-state index in [0.717, 1.165) is 6.08 Å². The lowest BCUT2D eigenvalue weighted by Gasteiger charge is -2.38. The number of furan rings is 1. The second-order valence-electron chi connectivity index (χ2n) is 9.50. The summed E-state index contributed by atoms with van der Waals surface area (Å²) in [6.07, 6.45) is 1.53. The van der Waals surface area contributed by atoms with Gasteiger partial charge in [-0.25, -0.2) is 9.18 Å². The van der Waals surface area contributed by atoms with Gasteiger partial charge in [0, 0.05) is 31.5 Å².